The third kappa shape index (κ3) is 4.23. The Balaban J connectivity index is 1.69. The monoisotopic (exact) mass is 389 g/mol. The maximum atomic E-state index is 5.97. The van der Waals surface area contributed by atoms with Crippen molar-refractivity contribution < 1.29 is 14.8 Å². The summed E-state index contributed by atoms with van der Waals surface area (Å²) < 4.78 is 12.4. The van der Waals surface area contributed by atoms with E-state index in [0.717, 1.165) is 41.1 Å². The Kier molecular flexibility index (Phi) is 6.01. The lowest BCUT2D eigenvalue weighted by Crippen LogP contribution is -2.89. The molecular formula is C19H22BrN2O2+. The van der Waals surface area contributed by atoms with Crippen LogP contribution in [0.2, 0.25) is 0 Å². The molecule has 1 aliphatic rings. The summed E-state index contributed by atoms with van der Waals surface area (Å²) >= 11 is 3.50. The fraction of sp³-hybridized carbons (Fsp3) is 0.316. The van der Waals surface area contributed by atoms with Crippen molar-refractivity contribution in [1.82, 2.24) is 0 Å². The minimum Gasteiger partial charge on any atom is -0.496 e. The first-order valence-corrected chi connectivity index (χ1v) is 8.93. The van der Waals surface area contributed by atoms with E-state index in [1.165, 1.54) is 11.1 Å². The summed E-state index contributed by atoms with van der Waals surface area (Å²) in [5, 5.41) is 2.22. The summed E-state index contributed by atoms with van der Waals surface area (Å²) in [5.74, 6) is 1.94. The number of nitrogens with two attached hydrogens (primary N) is 1. The van der Waals surface area contributed by atoms with E-state index in [4.69, 9.17) is 9.47 Å². The van der Waals surface area contributed by atoms with Gasteiger partial charge in [0.05, 0.1) is 39.0 Å². The van der Waals surface area contributed by atoms with E-state index in [0.29, 0.717) is 13.2 Å². The van der Waals surface area contributed by atoms with Crippen LogP contribution in [-0.4, -0.2) is 26.0 Å². The molecule has 0 saturated carbocycles. The minimum absolute atomic E-state index is 0.507. The van der Waals surface area contributed by atoms with Crippen LogP contribution in [0.3, 0.4) is 0 Å². The molecule has 5 heteroatoms. The lowest BCUT2D eigenvalue weighted by Gasteiger charge is -2.14. The molecule has 0 radical (unpaired) electrons. The fourth-order valence-corrected chi connectivity index (χ4v) is 3.22. The molecule has 0 aromatic heterocycles. The topological polar surface area (TPSA) is 47.4 Å². The second-order valence-electron chi connectivity index (χ2n) is 5.72. The van der Waals surface area contributed by atoms with Gasteiger partial charge in [0.1, 0.15) is 5.75 Å². The van der Waals surface area contributed by atoms with Gasteiger partial charge in [0.2, 0.25) is 5.84 Å². The standard InChI is InChI=1S/C19H21BrN2O2/c1-23-18-8-7-16(20)11-15(18)13-24-12-14-5-2-3-6-17(14)19-21-9-4-10-22-19/h2-3,5-8,11H,4,9-10,12-13H2,1H3,(H,21,22)/p+1. The lowest BCUT2D eigenvalue weighted by atomic mass is 10.1. The molecule has 3 rings (SSSR count). The first-order chi connectivity index (χ1) is 11.8. The zero-order chi connectivity index (χ0) is 16.8. The van der Waals surface area contributed by atoms with Crippen molar-refractivity contribution in [3.05, 3.63) is 63.6 Å². The van der Waals surface area contributed by atoms with Gasteiger partial charge >= 0.3 is 0 Å². The summed E-state index contributed by atoms with van der Waals surface area (Å²) in [7, 11) is 1.68. The average Bonchev–Trinajstić information content (AvgIpc) is 2.63. The van der Waals surface area contributed by atoms with Crippen molar-refractivity contribution in [3.63, 3.8) is 0 Å². The van der Waals surface area contributed by atoms with Crippen molar-refractivity contribution in [3.8, 4) is 5.75 Å². The Labute approximate surface area is 151 Å². The summed E-state index contributed by atoms with van der Waals surface area (Å²) in [4.78, 5) is 4.64. The van der Waals surface area contributed by atoms with Crippen LogP contribution in [0.25, 0.3) is 0 Å². The maximum absolute atomic E-state index is 5.97. The van der Waals surface area contributed by atoms with Gasteiger partial charge in [-0.3, -0.25) is 5.32 Å². The van der Waals surface area contributed by atoms with Crippen LogP contribution in [0.5, 0.6) is 5.75 Å². The van der Waals surface area contributed by atoms with Crippen molar-refractivity contribution in [2.75, 3.05) is 20.2 Å². The van der Waals surface area contributed by atoms with Gasteiger partial charge in [-0.2, -0.15) is 0 Å². The highest BCUT2D eigenvalue weighted by atomic mass is 79.9. The molecule has 0 spiro atoms. The summed E-state index contributed by atoms with van der Waals surface area (Å²) in [6, 6.07) is 14.3. The first-order valence-electron chi connectivity index (χ1n) is 8.14. The third-order valence-electron chi connectivity index (χ3n) is 4.03. The molecule has 1 heterocycles. The van der Waals surface area contributed by atoms with Crippen molar-refractivity contribution >= 4 is 21.8 Å². The molecule has 2 N–H and O–H groups in total. The quantitative estimate of drug-likeness (QED) is 0.825. The second-order valence-corrected chi connectivity index (χ2v) is 6.64. The number of ether oxygens (including phenoxy) is 2. The first kappa shape index (κ1) is 17.1. The van der Waals surface area contributed by atoms with E-state index in [-0.39, 0.29) is 0 Å². The minimum atomic E-state index is 0.507. The molecule has 0 fully saturated rings. The molecule has 0 unspecified atom stereocenters. The van der Waals surface area contributed by atoms with Gasteiger partial charge < -0.3 is 9.47 Å². The van der Waals surface area contributed by atoms with Crippen LogP contribution in [-0.2, 0) is 18.0 Å². The zero-order valence-corrected chi connectivity index (χ0v) is 15.4. The van der Waals surface area contributed by atoms with Crippen LogP contribution < -0.4 is 10.1 Å². The van der Waals surface area contributed by atoms with Gasteiger partial charge in [-0.25, -0.2) is 4.99 Å². The van der Waals surface area contributed by atoms with Crippen molar-refractivity contribution in [1.29, 1.82) is 0 Å². The number of halogens is 1. The predicted molar refractivity (Wildman–Crippen MR) is 98.4 cm³/mol. The Morgan fingerprint density at radius 1 is 1.12 bits per heavy atom. The Morgan fingerprint density at radius 3 is 2.75 bits per heavy atom. The molecule has 4 nitrogen and oxygen atoms in total. The van der Waals surface area contributed by atoms with Gasteiger partial charge in [-0.05, 0) is 29.8 Å². The Morgan fingerprint density at radius 2 is 1.96 bits per heavy atom. The Bertz CT molecular complexity index is 731. The second kappa shape index (κ2) is 8.42. The average molecular weight is 390 g/mol. The largest absolute Gasteiger partial charge is 0.496 e. The maximum Gasteiger partial charge on any atom is 0.227 e. The van der Waals surface area contributed by atoms with E-state index in [2.05, 4.69) is 44.4 Å². The number of aliphatic imine (C=N–C) groups is 1. The van der Waals surface area contributed by atoms with Crippen molar-refractivity contribution in [2.45, 2.75) is 19.6 Å². The number of methoxy groups -OCH3 is 1. The highest BCUT2D eigenvalue weighted by Gasteiger charge is 2.15. The van der Waals surface area contributed by atoms with E-state index < -0.39 is 0 Å². The number of hydrogen-bond acceptors (Lipinski definition) is 3. The number of hydrogen-bond donors (Lipinski definition) is 1. The van der Waals surface area contributed by atoms with Gasteiger partial charge in [0, 0.05) is 16.5 Å². The zero-order valence-electron chi connectivity index (χ0n) is 13.8. The Hall–Kier alpha value is -1.69. The highest BCUT2D eigenvalue weighted by molar-refractivity contribution is 9.10. The fourth-order valence-electron chi connectivity index (χ4n) is 2.82. The van der Waals surface area contributed by atoms with E-state index in [1.54, 1.807) is 7.11 Å². The number of amidine groups is 1. The molecular weight excluding hydrogens is 368 g/mol. The predicted octanol–water partition coefficient (Wildman–Crippen LogP) is 2.89. The highest BCUT2D eigenvalue weighted by Crippen LogP contribution is 2.24. The van der Waals surface area contributed by atoms with E-state index in [9.17, 15) is 0 Å². The smallest absolute Gasteiger partial charge is 0.227 e. The number of quaternary nitrogens is 1. The van der Waals surface area contributed by atoms with E-state index >= 15 is 0 Å². The van der Waals surface area contributed by atoms with Crippen LogP contribution in [0.15, 0.2) is 51.9 Å². The number of rotatable bonds is 6. The number of nitrogens with zero attached hydrogens (tertiary/aromatic N) is 1. The van der Waals surface area contributed by atoms with Gasteiger partial charge in [-0.15, -0.1) is 0 Å². The molecule has 0 amide bonds. The van der Waals surface area contributed by atoms with E-state index in [1.807, 2.05) is 24.3 Å². The van der Waals surface area contributed by atoms with Crippen molar-refractivity contribution in [2.24, 2.45) is 4.99 Å². The molecule has 0 saturated heterocycles. The van der Waals surface area contributed by atoms with Crippen LogP contribution >= 0.6 is 15.9 Å². The van der Waals surface area contributed by atoms with Gasteiger partial charge in [0.15, 0.2) is 0 Å². The molecule has 1 aliphatic heterocycles. The van der Waals surface area contributed by atoms with Gasteiger partial charge in [-0.1, -0.05) is 34.1 Å². The van der Waals surface area contributed by atoms with Crippen LogP contribution in [0.4, 0.5) is 0 Å². The molecule has 0 bridgehead atoms. The molecule has 0 atom stereocenters. The summed E-state index contributed by atoms with van der Waals surface area (Å²) in [6.07, 6.45) is 1.14. The van der Waals surface area contributed by atoms with Crippen LogP contribution in [0, 0.1) is 0 Å². The molecule has 2 aromatic carbocycles. The molecule has 24 heavy (non-hydrogen) atoms. The molecule has 126 valence electrons. The third-order valence-corrected chi connectivity index (χ3v) is 4.53. The summed E-state index contributed by atoms with van der Waals surface area (Å²) in [6.45, 7) is 3.07. The normalized spacial score (nSPS) is 14.3. The number of benzene rings is 2. The van der Waals surface area contributed by atoms with Crippen LogP contribution in [0.1, 0.15) is 23.1 Å². The summed E-state index contributed by atoms with van der Waals surface area (Å²) in [5.41, 5.74) is 3.38. The SMILES string of the molecule is COc1ccc(Br)cc1COCc1ccccc1C1=NCCC[NH2+]1. The molecule has 0 aliphatic carbocycles. The molecule has 2 aromatic rings. The lowest BCUT2D eigenvalue weighted by molar-refractivity contribution is -0.542. The van der Waals surface area contributed by atoms with Gasteiger partial charge in [0.25, 0.3) is 0 Å².